The lowest BCUT2D eigenvalue weighted by Crippen LogP contribution is -2.11. The Morgan fingerprint density at radius 1 is 1.38 bits per heavy atom. The van der Waals surface area contributed by atoms with Gasteiger partial charge in [-0.25, -0.2) is 4.39 Å². The molecule has 0 aliphatic carbocycles. The average molecular weight is 223 g/mol. The van der Waals surface area contributed by atoms with Crippen molar-refractivity contribution in [3.63, 3.8) is 0 Å². The lowest BCUT2D eigenvalue weighted by atomic mass is 10.2. The van der Waals surface area contributed by atoms with E-state index in [1.165, 1.54) is 24.3 Å². The molecule has 0 radical (unpaired) electrons. The van der Waals surface area contributed by atoms with Crippen LogP contribution in [0.15, 0.2) is 28.8 Å². The van der Waals surface area contributed by atoms with Crippen molar-refractivity contribution in [2.45, 2.75) is 6.10 Å². The van der Waals surface area contributed by atoms with Crippen molar-refractivity contribution < 1.29 is 14.0 Å². The van der Waals surface area contributed by atoms with Crippen molar-refractivity contribution in [2.24, 2.45) is 5.73 Å². The standard InChI is InChI=1S/C10H10FN3O2/c11-7-3-1-6(2-4-7)9-13-10(16-14-9)8(15)5-12/h1-4,8,15H,5,12H2/t8-/m0/s1. The van der Waals surface area contributed by atoms with Crippen LogP contribution in [0.3, 0.4) is 0 Å². The van der Waals surface area contributed by atoms with Crippen molar-refractivity contribution in [1.82, 2.24) is 10.1 Å². The van der Waals surface area contributed by atoms with Crippen LogP contribution in [0.1, 0.15) is 12.0 Å². The third-order valence-electron chi connectivity index (χ3n) is 2.05. The normalized spacial score (nSPS) is 12.7. The largest absolute Gasteiger partial charge is 0.382 e. The smallest absolute Gasteiger partial charge is 0.257 e. The van der Waals surface area contributed by atoms with Crippen LogP contribution in [0.2, 0.25) is 0 Å². The van der Waals surface area contributed by atoms with Crippen LogP contribution < -0.4 is 5.73 Å². The van der Waals surface area contributed by atoms with Gasteiger partial charge < -0.3 is 15.4 Å². The van der Waals surface area contributed by atoms with Crippen LogP contribution in [0.4, 0.5) is 4.39 Å². The SMILES string of the molecule is NC[C@H](O)c1nc(-c2ccc(F)cc2)no1. The molecule has 0 amide bonds. The minimum Gasteiger partial charge on any atom is -0.382 e. The number of aliphatic hydroxyl groups excluding tert-OH is 1. The first kappa shape index (κ1) is 10.7. The second kappa shape index (κ2) is 4.38. The van der Waals surface area contributed by atoms with E-state index in [0.717, 1.165) is 0 Å². The molecule has 0 aliphatic heterocycles. The van der Waals surface area contributed by atoms with Crippen LogP contribution in [-0.4, -0.2) is 21.8 Å². The first-order chi connectivity index (χ1) is 7.70. The van der Waals surface area contributed by atoms with E-state index < -0.39 is 6.10 Å². The Balaban J connectivity index is 2.28. The van der Waals surface area contributed by atoms with Crippen LogP contribution in [-0.2, 0) is 0 Å². The van der Waals surface area contributed by atoms with Gasteiger partial charge in [0.1, 0.15) is 11.9 Å². The van der Waals surface area contributed by atoms with E-state index in [1.807, 2.05) is 0 Å². The molecule has 1 atom stereocenters. The highest BCUT2D eigenvalue weighted by atomic mass is 19.1. The van der Waals surface area contributed by atoms with E-state index in [4.69, 9.17) is 10.3 Å². The van der Waals surface area contributed by atoms with Gasteiger partial charge in [0.15, 0.2) is 0 Å². The van der Waals surface area contributed by atoms with Gasteiger partial charge in [-0.15, -0.1) is 0 Å². The Bertz CT molecular complexity index is 469. The molecule has 2 rings (SSSR count). The van der Waals surface area contributed by atoms with E-state index in [1.54, 1.807) is 0 Å². The molecule has 0 fully saturated rings. The van der Waals surface area contributed by atoms with Gasteiger partial charge >= 0.3 is 0 Å². The predicted octanol–water partition coefficient (Wildman–Crippen LogP) is 0.868. The van der Waals surface area contributed by atoms with Gasteiger partial charge in [-0.2, -0.15) is 4.98 Å². The number of aromatic nitrogens is 2. The Morgan fingerprint density at radius 3 is 2.69 bits per heavy atom. The fourth-order valence-corrected chi connectivity index (χ4v) is 1.19. The molecule has 3 N–H and O–H groups in total. The summed E-state index contributed by atoms with van der Waals surface area (Å²) >= 11 is 0. The molecule has 0 bridgehead atoms. The molecule has 0 saturated heterocycles. The zero-order chi connectivity index (χ0) is 11.5. The molecule has 0 spiro atoms. The summed E-state index contributed by atoms with van der Waals surface area (Å²) in [6.45, 7) is 0.00501. The van der Waals surface area contributed by atoms with Crippen LogP contribution in [0.25, 0.3) is 11.4 Å². The molecule has 1 heterocycles. The minimum absolute atomic E-state index is 0.00501. The number of nitrogens with zero attached hydrogens (tertiary/aromatic N) is 2. The Kier molecular flexibility index (Phi) is 2.93. The van der Waals surface area contributed by atoms with Crippen molar-refractivity contribution in [2.75, 3.05) is 6.54 Å². The van der Waals surface area contributed by atoms with Crippen LogP contribution in [0.5, 0.6) is 0 Å². The molecular formula is C10H10FN3O2. The van der Waals surface area contributed by atoms with Gasteiger partial charge in [-0.3, -0.25) is 0 Å². The minimum atomic E-state index is -0.971. The maximum absolute atomic E-state index is 12.7. The number of hydrogen-bond acceptors (Lipinski definition) is 5. The lowest BCUT2D eigenvalue weighted by Gasteiger charge is -1.98. The number of aliphatic hydroxyl groups is 1. The fourth-order valence-electron chi connectivity index (χ4n) is 1.19. The lowest BCUT2D eigenvalue weighted by molar-refractivity contribution is 0.141. The molecule has 16 heavy (non-hydrogen) atoms. The number of nitrogens with two attached hydrogens (primary N) is 1. The number of hydrogen-bond donors (Lipinski definition) is 2. The van der Waals surface area contributed by atoms with Gasteiger partial charge in [0.2, 0.25) is 5.82 Å². The van der Waals surface area contributed by atoms with E-state index in [9.17, 15) is 9.50 Å². The summed E-state index contributed by atoms with van der Waals surface area (Å²) in [6.07, 6.45) is -0.971. The van der Waals surface area contributed by atoms with Crippen LogP contribution >= 0.6 is 0 Å². The highest BCUT2D eigenvalue weighted by Crippen LogP contribution is 2.18. The van der Waals surface area contributed by atoms with E-state index in [0.29, 0.717) is 11.4 Å². The molecule has 1 aromatic heterocycles. The van der Waals surface area contributed by atoms with Gasteiger partial charge in [0.05, 0.1) is 0 Å². The van der Waals surface area contributed by atoms with Gasteiger partial charge in [0, 0.05) is 12.1 Å². The highest BCUT2D eigenvalue weighted by molar-refractivity contribution is 5.53. The summed E-state index contributed by atoms with van der Waals surface area (Å²) in [4.78, 5) is 3.95. The Labute approximate surface area is 90.7 Å². The second-order valence-corrected chi connectivity index (χ2v) is 3.21. The van der Waals surface area contributed by atoms with Gasteiger partial charge in [-0.05, 0) is 24.3 Å². The molecule has 5 nitrogen and oxygen atoms in total. The zero-order valence-corrected chi connectivity index (χ0v) is 8.30. The second-order valence-electron chi connectivity index (χ2n) is 3.21. The number of benzene rings is 1. The molecule has 84 valence electrons. The highest BCUT2D eigenvalue weighted by Gasteiger charge is 2.15. The van der Waals surface area contributed by atoms with Crippen molar-refractivity contribution in [1.29, 1.82) is 0 Å². The van der Waals surface area contributed by atoms with E-state index in [-0.39, 0.29) is 18.3 Å². The van der Waals surface area contributed by atoms with Gasteiger partial charge in [-0.1, -0.05) is 5.16 Å². The Morgan fingerprint density at radius 2 is 2.06 bits per heavy atom. The number of halogens is 1. The summed E-state index contributed by atoms with van der Waals surface area (Å²) in [7, 11) is 0. The summed E-state index contributed by atoms with van der Waals surface area (Å²) in [5, 5.41) is 13.0. The summed E-state index contributed by atoms with van der Waals surface area (Å²) in [6, 6.07) is 5.65. The first-order valence-corrected chi connectivity index (χ1v) is 4.68. The van der Waals surface area contributed by atoms with E-state index >= 15 is 0 Å². The van der Waals surface area contributed by atoms with Crippen molar-refractivity contribution >= 4 is 0 Å². The Hall–Kier alpha value is -1.79. The molecule has 0 unspecified atom stereocenters. The maximum Gasteiger partial charge on any atom is 0.257 e. The maximum atomic E-state index is 12.7. The third-order valence-corrected chi connectivity index (χ3v) is 2.05. The zero-order valence-electron chi connectivity index (χ0n) is 8.30. The molecule has 0 saturated carbocycles. The third kappa shape index (κ3) is 2.07. The first-order valence-electron chi connectivity index (χ1n) is 4.68. The van der Waals surface area contributed by atoms with Crippen molar-refractivity contribution in [3.05, 3.63) is 36.0 Å². The topological polar surface area (TPSA) is 85.2 Å². The number of rotatable bonds is 3. The molecule has 1 aromatic carbocycles. The monoisotopic (exact) mass is 223 g/mol. The predicted molar refractivity (Wildman–Crippen MR) is 53.7 cm³/mol. The quantitative estimate of drug-likeness (QED) is 0.806. The van der Waals surface area contributed by atoms with Crippen molar-refractivity contribution in [3.8, 4) is 11.4 Å². The molecule has 2 aromatic rings. The summed E-state index contributed by atoms with van der Waals surface area (Å²) in [5.74, 6) is 0.0128. The molecular weight excluding hydrogens is 213 g/mol. The fraction of sp³-hybridized carbons (Fsp3) is 0.200. The van der Waals surface area contributed by atoms with E-state index in [2.05, 4.69) is 10.1 Å². The van der Waals surface area contributed by atoms with Crippen LogP contribution in [0, 0.1) is 5.82 Å². The average Bonchev–Trinajstić information content (AvgIpc) is 2.78. The summed E-state index contributed by atoms with van der Waals surface area (Å²) < 4.78 is 17.5. The molecule has 6 heteroatoms. The molecule has 0 aliphatic rings. The van der Waals surface area contributed by atoms with Gasteiger partial charge in [0.25, 0.3) is 5.89 Å². The summed E-state index contributed by atoms with van der Waals surface area (Å²) in [5.41, 5.74) is 5.86.